The number of amides is 2. The van der Waals surface area contributed by atoms with Gasteiger partial charge < -0.3 is 15.5 Å². The van der Waals surface area contributed by atoms with Crippen molar-refractivity contribution in [2.45, 2.75) is 6.42 Å². The first-order chi connectivity index (χ1) is 11.9. The molecule has 0 aliphatic rings. The third kappa shape index (κ3) is 4.76. The number of halogens is 2. The van der Waals surface area contributed by atoms with E-state index in [0.29, 0.717) is 5.69 Å². The summed E-state index contributed by atoms with van der Waals surface area (Å²) in [5.41, 5.74) is 1.12. The first-order valence-corrected chi connectivity index (χ1v) is 7.68. The second kappa shape index (κ2) is 8.23. The first kappa shape index (κ1) is 18.4. The Balaban J connectivity index is 1.92. The largest absolute Gasteiger partial charge is 0.376 e. The third-order valence-corrected chi connectivity index (χ3v) is 3.56. The van der Waals surface area contributed by atoms with Crippen LogP contribution in [0.25, 0.3) is 0 Å². The molecular weight excluding hydrogens is 328 g/mol. The molecule has 0 fully saturated rings. The highest BCUT2D eigenvalue weighted by atomic mass is 19.1. The minimum Gasteiger partial charge on any atom is -0.376 e. The Labute approximate surface area is 144 Å². The summed E-state index contributed by atoms with van der Waals surface area (Å²) in [5.74, 6) is -3.08. The number of anilines is 2. The number of hydrogen-bond acceptors (Lipinski definition) is 3. The van der Waals surface area contributed by atoms with Gasteiger partial charge in [0.2, 0.25) is 0 Å². The number of para-hydroxylation sites is 2. The van der Waals surface area contributed by atoms with Crippen molar-refractivity contribution in [1.29, 1.82) is 0 Å². The number of carbonyl (C=O) groups is 2. The molecule has 0 aromatic heterocycles. The predicted molar refractivity (Wildman–Crippen MR) is 92.5 cm³/mol. The van der Waals surface area contributed by atoms with Gasteiger partial charge in [-0.2, -0.15) is 0 Å². The summed E-state index contributed by atoms with van der Waals surface area (Å²) in [4.78, 5) is 25.6. The summed E-state index contributed by atoms with van der Waals surface area (Å²) in [6.07, 6.45) is -0.0498. The molecule has 0 aliphatic carbocycles. The molecule has 2 N–H and O–H groups in total. The van der Waals surface area contributed by atoms with Gasteiger partial charge in [0.1, 0.15) is 11.6 Å². The summed E-state index contributed by atoms with van der Waals surface area (Å²) >= 11 is 0. The van der Waals surface area contributed by atoms with Crippen molar-refractivity contribution in [2.75, 3.05) is 30.9 Å². The fourth-order valence-corrected chi connectivity index (χ4v) is 2.30. The second-order valence-electron chi connectivity index (χ2n) is 5.57. The fraction of sp³-hybridized carbons (Fsp3) is 0.222. The van der Waals surface area contributed by atoms with Crippen LogP contribution in [0.3, 0.4) is 0 Å². The van der Waals surface area contributed by atoms with Crippen molar-refractivity contribution in [1.82, 2.24) is 5.32 Å². The average Bonchev–Trinajstić information content (AvgIpc) is 2.57. The summed E-state index contributed by atoms with van der Waals surface area (Å²) in [6.45, 7) is -0.0561. The van der Waals surface area contributed by atoms with Crippen LogP contribution in [0.5, 0.6) is 0 Å². The summed E-state index contributed by atoms with van der Waals surface area (Å²) in [7, 11) is 3.63. The minimum atomic E-state index is -0.870. The van der Waals surface area contributed by atoms with Crippen molar-refractivity contribution in [3.8, 4) is 0 Å². The first-order valence-electron chi connectivity index (χ1n) is 7.68. The van der Waals surface area contributed by atoms with Crippen LogP contribution in [0.2, 0.25) is 0 Å². The van der Waals surface area contributed by atoms with Gasteiger partial charge in [-0.05, 0) is 30.7 Å². The SMILES string of the molecule is CN(C)c1ccccc1NC(=O)C(=O)NCCc1c(F)cccc1F. The van der Waals surface area contributed by atoms with Crippen molar-refractivity contribution >= 4 is 23.2 Å². The van der Waals surface area contributed by atoms with E-state index in [-0.39, 0.29) is 18.5 Å². The van der Waals surface area contributed by atoms with Crippen LogP contribution >= 0.6 is 0 Å². The topological polar surface area (TPSA) is 61.4 Å². The summed E-state index contributed by atoms with van der Waals surface area (Å²) in [6, 6.07) is 10.6. The zero-order valence-electron chi connectivity index (χ0n) is 14.0. The minimum absolute atomic E-state index is 0.0498. The van der Waals surface area contributed by atoms with Gasteiger partial charge >= 0.3 is 11.8 Å². The molecular formula is C18H19F2N3O2. The molecule has 0 spiro atoms. The van der Waals surface area contributed by atoms with Gasteiger partial charge in [-0.25, -0.2) is 8.78 Å². The lowest BCUT2D eigenvalue weighted by atomic mass is 10.1. The number of benzene rings is 2. The number of hydrogen-bond donors (Lipinski definition) is 2. The lowest BCUT2D eigenvalue weighted by Gasteiger charge is -2.17. The zero-order valence-corrected chi connectivity index (χ0v) is 14.0. The number of nitrogens with zero attached hydrogens (tertiary/aromatic N) is 1. The van der Waals surface area contributed by atoms with E-state index < -0.39 is 23.4 Å². The molecule has 2 aromatic rings. The van der Waals surface area contributed by atoms with Crippen molar-refractivity contribution in [2.24, 2.45) is 0 Å². The van der Waals surface area contributed by atoms with Crippen LogP contribution in [0.15, 0.2) is 42.5 Å². The maximum atomic E-state index is 13.5. The smallest absolute Gasteiger partial charge is 0.313 e. The normalized spacial score (nSPS) is 10.2. The molecule has 0 heterocycles. The molecule has 0 saturated heterocycles. The summed E-state index contributed by atoms with van der Waals surface area (Å²) < 4.78 is 27.0. The van der Waals surface area contributed by atoms with Gasteiger partial charge in [0.15, 0.2) is 0 Å². The van der Waals surface area contributed by atoms with Gasteiger partial charge in [-0.15, -0.1) is 0 Å². The molecule has 2 rings (SSSR count). The van der Waals surface area contributed by atoms with E-state index in [4.69, 9.17) is 0 Å². The average molecular weight is 347 g/mol. The second-order valence-corrected chi connectivity index (χ2v) is 5.57. The monoisotopic (exact) mass is 347 g/mol. The van der Waals surface area contributed by atoms with Crippen LogP contribution < -0.4 is 15.5 Å². The van der Waals surface area contributed by atoms with Crippen LogP contribution in [0, 0.1) is 11.6 Å². The van der Waals surface area contributed by atoms with Gasteiger partial charge in [0.05, 0.1) is 11.4 Å². The van der Waals surface area contributed by atoms with E-state index in [1.165, 1.54) is 6.07 Å². The molecule has 0 radical (unpaired) electrons. The van der Waals surface area contributed by atoms with Gasteiger partial charge in [-0.3, -0.25) is 9.59 Å². The highest BCUT2D eigenvalue weighted by Crippen LogP contribution is 2.23. The lowest BCUT2D eigenvalue weighted by Crippen LogP contribution is -2.36. The Bertz CT molecular complexity index is 758. The molecule has 132 valence electrons. The molecule has 7 heteroatoms. The predicted octanol–water partition coefficient (Wildman–Crippen LogP) is 2.33. The van der Waals surface area contributed by atoms with Crippen molar-refractivity contribution < 1.29 is 18.4 Å². The Morgan fingerprint density at radius 3 is 2.24 bits per heavy atom. The molecule has 0 unspecified atom stereocenters. The molecule has 5 nitrogen and oxygen atoms in total. The Kier molecular flexibility index (Phi) is 6.05. The maximum absolute atomic E-state index is 13.5. The molecule has 25 heavy (non-hydrogen) atoms. The fourth-order valence-electron chi connectivity index (χ4n) is 2.30. The highest BCUT2D eigenvalue weighted by Gasteiger charge is 2.16. The quantitative estimate of drug-likeness (QED) is 0.816. The number of nitrogens with one attached hydrogen (secondary N) is 2. The molecule has 0 atom stereocenters. The molecule has 0 aliphatic heterocycles. The number of carbonyl (C=O) groups excluding carboxylic acids is 2. The number of rotatable bonds is 5. The molecule has 2 aromatic carbocycles. The van der Waals surface area contributed by atoms with Gasteiger partial charge in [0.25, 0.3) is 0 Å². The van der Waals surface area contributed by atoms with E-state index in [1.807, 2.05) is 20.2 Å². The van der Waals surface area contributed by atoms with E-state index in [2.05, 4.69) is 10.6 Å². The van der Waals surface area contributed by atoms with Crippen LogP contribution in [0.1, 0.15) is 5.56 Å². The van der Waals surface area contributed by atoms with Crippen molar-refractivity contribution in [3.63, 3.8) is 0 Å². The molecule has 0 saturated carbocycles. The van der Waals surface area contributed by atoms with Crippen LogP contribution in [0.4, 0.5) is 20.2 Å². The Hall–Kier alpha value is -2.96. The van der Waals surface area contributed by atoms with E-state index >= 15 is 0 Å². The Morgan fingerprint density at radius 1 is 0.960 bits per heavy atom. The standard InChI is InChI=1S/C18H19F2N3O2/c1-23(2)16-9-4-3-8-15(16)22-18(25)17(24)21-11-10-12-13(19)6-5-7-14(12)20/h3-9H,10-11H2,1-2H3,(H,21,24)(H,22,25). The van der Waals surface area contributed by atoms with Gasteiger partial charge in [0, 0.05) is 26.2 Å². The maximum Gasteiger partial charge on any atom is 0.313 e. The molecule has 2 amide bonds. The van der Waals surface area contributed by atoms with E-state index in [9.17, 15) is 18.4 Å². The third-order valence-electron chi connectivity index (χ3n) is 3.56. The summed E-state index contributed by atoms with van der Waals surface area (Å²) in [5, 5.41) is 4.88. The van der Waals surface area contributed by atoms with Crippen LogP contribution in [-0.4, -0.2) is 32.5 Å². The van der Waals surface area contributed by atoms with E-state index in [1.54, 1.807) is 23.1 Å². The van der Waals surface area contributed by atoms with Crippen molar-refractivity contribution in [3.05, 3.63) is 59.7 Å². The molecule has 0 bridgehead atoms. The van der Waals surface area contributed by atoms with Crippen LogP contribution in [-0.2, 0) is 16.0 Å². The zero-order chi connectivity index (χ0) is 18.4. The van der Waals surface area contributed by atoms with Gasteiger partial charge in [-0.1, -0.05) is 18.2 Å². The highest BCUT2D eigenvalue weighted by molar-refractivity contribution is 6.39. The van der Waals surface area contributed by atoms with E-state index in [0.717, 1.165) is 17.8 Å². The lowest BCUT2D eigenvalue weighted by molar-refractivity contribution is -0.136. The Morgan fingerprint density at radius 2 is 1.60 bits per heavy atom.